The topological polar surface area (TPSA) is 0 Å². The molecule has 0 bridgehead atoms. The summed E-state index contributed by atoms with van der Waals surface area (Å²) < 4.78 is 2.64. The molecule has 0 atom stereocenters. The summed E-state index contributed by atoms with van der Waals surface area (Å²) in [6.07, 6.45) is 0. The summed E-state index contributed by atoms with van der Waals surface area (Å²) in [4.78, 5) is 0. The fraction of sp³-hybridized carbons (Fsp3) is 0. The lowest BCUT2D eigenvalue weighted by Crippen LogP contribution is -2.62. The van der Waals surface area contributed by atoms with E-state index in [0.717, 1.165) is 0 Å². The van der Waals surface area contributed by atoms with Crippen molar-refractivity contribution in [3.8, 4) is 0 Å². The Kier molecular flexibility index (Phi) is 4.12. The van der Waals surface area contributed by atoms with E-state index in [1.807, 2.05) is 11.3 Å². The van der Waals surface area contributed by atoms with Gasteiger partial charge < -0.3 is 0 Å². The van der Waals surface area contributed by atoms with E-state index in [1.165, 1.54) is 35.7 Å². The molecule has 0 spiro atoms. The largest absolute Gasteiger partial charge is 0.247 e. The van der Waals surface area contributed by atoms with Crippen molar-refractivity contribution in [3.63, 3.8) is 0 Å². The number of hydrogen-bond donors (Lipinski definition) is 0. The van der Waals surface area contributed by atoms with Crippen LogP contribution in [0.2, 0.25) is 0 Å². The molecule has 0 aliphatic rings. The molecular weight excluding hydrogens is 384 g/mol. The fourth-order valence-corrected chi connectivity index (χ4v) is 8.93. The molecule has 0 nitrogen and oxygen atoms in total. The van der Waals surface area contributed by atoms with Crippen LogP contribution in [0.25, 0.3) is 20.2 Å². The van der Waals surface area contributed by atoms with Crippen LogP contribution in [0.5, 0.6) is 0 Å². The minimum atomic E-state index is -2.58. The first-order chi connectivity index (χ1) is 13.3. The maximum atomic E-state index is 7.58. The Balaban J connectivity index is 1.81. The summed E-state index contributed by atoms with van der Waals surface area (Å²) in [6, 6.07) is 36.5. The first kappa shape index (κ1) is 16.8. The van der Waals surface area contributed by atoms with Crippen molar-refractivity contribution in [2.24, 2.45) is 0 Å². The third kappa shape index (κ3) is 2.72. The lowest BCUT2D eigenvalue weighted by molar-refractivity contribution is 1.72. The van der Waals surface area contributed by atoms with Crippen LogP contribution in [-0.4, -0.2) is 7.38 Å². The average molecular weight is 401 g/mol. The highest BCUT2D eigenvalue weighted by Gasteiger charge is 2.37. The second-order valence-corrected chi connectivity index (χ2v) is 12.5. The van der Waals surface area contributed by atoms with Gasteiger partial charge in [0.15, 0.2) is 0 Å². The zero-order valence-corrected chi connectivity index (χ0v) is 17.2. The summed E-state index contributed by atoms with van der Waals surface area (Å²) >= 11 is 9.42. The standard InChI is InChI=1S/C24H17ClSSi/c25-27(18-9-3-1-4-10-18,19-11-5-2-6-12-19)20-15-16-24-22(17-20)21-13-7-8-14-23(21)26-24/h1-17H. The van der Waals surface area contributed by atoms with Gasteiger partial charge in [0.2, 0.25) is 7.38 Å². The van der Waals surface area contributed by atoms with Crippen LogP contribution >= 0.6 is 22.4 Å². The molecule has 5 aromatic rings. The van der Waals surface area contributed by atoms with Crippen molar-refractivity contribution in [1.29, 1.82) is 0 Å². The van der Waals surface area contributed by atoms with Gasteiger partial charge in [-0.05, 0) is 27.7 Å². The quantitative estimate of drug-likeness (QED) is 0.220. The Morgan fingerprint density at radius 3 is 1.74 bits per heavy atom. The molecule has 0 saturated heterocycles. The van der Waals surface area contributed by atoms with Crippen LogP contribution in [0.15, 0.2) is 103 Å². The third-order valence-electron chi connectivity index (χ3n) is 5.12. The molecule has 0 unspecified atom stereocenters. The van der Waals surface area contributed by atoms with Crippen molar-refractivity contribution < 1.29 is 0 Å². The van der Waals surface area contributed by atoms with Gasteiger partial charge in [0.25, 0.3) is 0 Å². The number of rotatable bonds is 3. The average Bonchev–Trinajstić information content (AvgIpc) is 3.12. The molecule has 5 rings (SSSR count). The van der Waals surface area contributed by atoms with E-state index in [9.17, 15) is 0 Å². The molecule has 0 aliphatic carbocycles. The van der Waals surface area contributed by atoms with Gasteiger partial charge in [-0.2, -0.15) is 0 Å². The van der Waals surface area contributed by atoms with Crippen LogP contribution in [-0.2, 0) is 0 Å². The molecule has 0 fully saturated rings. The summed E-state index contributed by atoms with van der Waals surface area (Å²) in [5.74, 6) is 0. The zero-order valence-electron chi connectivity index (χ0n) is 14.6. The van der Waals surface area contributed by atoms with E-state index in [1.54, 1.807) is 0 Å². The van der Waals surface area contributed by atoms with E-state index >= 15 is 0 Å². The van der Waals surface area contributed by atoms with E-state index in [2.05, 4.69) is 103 Å². The molecule has 1 aromatic heterocycles. The molecular formula is C24H17ClSSi. The molecule has 3 heteroatoms. The number of thiophene rings is 1. The Bertz CT molecular complexity index is 1190. The van der Waals surface area contributed by atoms with Gasteiger partial charge in [0, 0.05) is 20.2 Å². The minimum absolute atomic E-state index is 1.22. The number of halogens is 1. The van der Waals surface area contributed by atoms with Crippen LogP contribution in [0, 0.1) is 0 Å². The van der Waals surface area contributed by atoms with Crippen LogP contribution in [0.4, 0.5) is 0 Å². The Morgan fingerprint density at radius 1 is 0.519 bits per heavy atom. The second-order valence-electron chi connectivity index (χ2n) is 6.70. The van der Waals surface area contributed by atoms with E-state index < -0.39 is 7.38 Å². The van der Waals surface area contributed by atoms with Crippen molar-refractivity contribution in [2.45, 2.75) is 0 Å². The summed E-state index contributed by atoms with van der Waals surface area (Å²) in [5.41, 5.74) is 0. The zero-order chi connectivity index (χ0) is 18.3. The minimum Gasteiger partial charge on any atom is -0.149 e. The smallest absolute Gasteiger partial charge is 0.149 e. The predicted molar refractivity (Wildman–Crippen MR) is 123 cm³/mol. The molecule has 27 heavy (non-hydrogen) atoms. The maximum absolute atomic E-state index is 7.58. The van der Waals surface area contributed by atoms with Gasteiger partial charge >= 0.3 is 0 Å². The molecule has 0 saturated carbocycles. The van der Waals surface area contributed by atoms with Gasteiger partial charge in [-0.3, -0.25) is 0 Å². The van der Waals surface area contributed by atoms with Crippen molar-refractivity contribution in [2.75, 3.05) is 0 Å². The molecule has 0 amide bonds. The maximum Gasteiger partial charge on any atom is 0.247 e. The molecule has 4 aromatic carbocycles. The van der Waals surface area contributed by atoms with Crippen LogP contribution in [0.1, 0.15) is 0 Å². The van der Waals surface area contributed by atoms with Gasteiger partial charge in [0.05, 0.1) is 0 Å². The van der Waals surface area contributed by atoms with Crippen LogP contribution < -0.4 is 15.6 Å². The van der Waals surface area contributed by atoms with Crippen molar-refractivity contribution in [1.82, 2.24) is 0 Å². The number of fused-ring (bicyclic) bond motifs is 3. The molecule has 130 valence electrons. The summed E-state index contributed by atoms with van der Waals surface area (Å²) in [5, 5.41) is 6.29. The van der Waals surface area contributed by atoms with E-state index in [-0.39, 0.29) is 0 Å². The Hall–Kier alpha value is -2.39. The molecule has 1 heterocycles. The SMILES string of the molecule is Cl[Si](c1ccccc1)(c1ccccc1)c1ccc2sc3ccccc3c2c1. The molecule has 0 radical (unpaired) electrons. The van der Waals surface area contributed by atoms with Crippen molar-refractivity contribution in [3.05, 3.63) is 103 Å². The van der Waals surface area contributed by atoms with Gasteiger partial charge in [-0.1, -0.05) is 91.0 Å². The van der Waals surface area contributed by atoms with E-state index in [0.29, 0.717) is 0 Å². The molecule has 0 aliphatic heterocycles. The Morgan fingerprint density at radius 2 is 1.07 bits per heavy atom. The number of hydrogen-bond acceptors (Lipinski definition) is 1. The van der Waals surface area contributed by atoms with Gasteiger partial charge in [-0.15, -0.1) is 22.4 Å². The fourth-order valence-electron chi connectivity index (χ4n) is 3.78. The highest BCUT2D eigenvalue weighted by molar-refractivity contribution is 7.40. The summed E-state index contributed by atoms with van der Waals surface area (Å²) in [6.45, 7) is 0. The Labute approximate surface area is 168 Å². The summed E-state index contributed by atoms with van der Waals surface area (Å²) in [7, 11) is -2.58. The highest BCUT2D eigenvalue weighted by Crippen LogP contribution is 2.33. The molecule has 0 N–H and O–H groups in total. The van der Waals surface area contributed by atoms with Crippen LogP contribution in [0.3, 0.4) is 0 Å². The second kappa shape index (κ2) is 6.65. The van der Waals surface area contributed by atoms with Gasteiger partial charge in [0.1, 0.15) is 0 Å². The lowest BCUT2D eigenvalue weighted by atomic mass is 10.1. The first-order valence-electron chi connectivity index (χ1n) is 8.98. The third-order valence-corrected chi connectivity index (χ3v) is 11.6. The monoisotopic (exact) mass is 400 g/mol. The number of benzene rings is 4. The predicted octanol–water partition coefficient (Wildman–Crippen LogP) is 5.26. The van der Waals surface area contributed by atoms with Crippen molar-refractivity contribution >= 4 is 65.5 Å². The normalized spacial score (nSPS) is 11.9. The first-order valence-corrected chi connectivity index (χ1v) is 12.8. The lowest BCUT2D eigenvalue weighted by Gasteiger charge is -2.26. The van der Waals surface area contributed by atoms with E-state index in [4.69, 9.17) is 11.1 Å². The van der Waals surface area contributed by atoms with Gasteiger partial charge in [-0.25, -0.2) is 0 Å². The highest BCUT2D eigenvalue weighted by atomic mass is 35.6.